The zero-order valence-corrected chi connectivity index (χ0v) is 28.2. The van der Waals surface area contributed by atoms with Gasteiger partial charge in [0.1, 0.15) is 5.75 Å². The van der Waals surface area contributed by atoms with Crippen LogP contribution in [0.15, 0.2) is 53.4 Å². The second-order valence-corrected chi connectivity index (χ2v) is 15.9. The van der Waals surface area contributed by atoms with Crippen molar-refractivity contribution in [1.82, 2.24) is 19.6 Å². The maximum Gasteiger partial charge on any atom is 0.252 e. The van der Waals surface area contributed by atoms with E-state index in [1.807, 2.05) is 69.9 Å². The van der Waals surface area contributed by atoms with Crippen molar-refractivity contribution in [2.45, 2.75) is 83.8 Å². The topological polar surface area (TPSA) is 119 Å². The van der Waals surface area contributed by atoms with Crippen molar-refractivity contribution in [3.05, 3.63) is 59.7 Å². The van der Waals surface area contributed by atoms with Gasteiger partial charge in [0.05, 0.1) is 30.2 Å². The summed E-state index contributed by atoms with van der Waals surface area (Å²) in [4.78, 5) is 29.4. The third kappa shape index (κ3) is 9.75. The van der Waals surface area contributed by atoms with Crippen molar-refractivity contribution in [2.24, 2.45) is 11.3 Å². The standard InChI is InChI=1S/C34H50N4O6S/c1-25(2)22-37(45(42,43)28-13-14-31-27(20-28)15-18-44-31)23-30(39)29(19-26-11-7-6-8-12-26)38(33(41)21-34(3,4)5)35-32(40)24-36-16-9-10-17-36/h6-8,11-14,20,25,29-30,39H,9-10,15-19,21-24H2,1-5H3,(H,35,40)/t29-,30+/m0/s1. The lowest BCUT2D eigenvalue weighted by molar-refractivity contribution is -0.149. The van der Waals surface area contributed by atoms with E-state index in [1.54, 1.807) is 18.2 Å². The molecule has 45 heavy (non-hydrogen) atoms. The van der Waals surface area contributed by atoms with Crippen LogP contribution in [-0.4, -0.2) is 91.0 Å². The lowest BCUT2D eigenvalue weighted by Crippen LogP contribution is -2.60. The fraction of sp³-hybridized carbons (Fsp3) is 0.588. The third-order valence-electron chi connectivity index (χ3n) is 8.08. The van der Waals surface area contributed by atoms with Crippen LogP contribution in [0.2, 0.25) is 0 Å². The fourth-order valence-electron chi connectivity index (χ4n) is 5.92. The van der Waals surface area contributed by atoms with Gasteiger partial charge in [0.2, 0.25) is 15.9 Å². The molecule has 1 saturated heterocycles. The van der Waals surface area contributed by atoms with Crippen LogP contribution in [0.5, 0.6) is 5.75 Å². The SMILES string of the molecule is CC(C)CN(C[C@@H](O)[C@H](Cc1ccccc1)N(NC(=O)CN1CCCC1)C(=O)CC(C)(C)C)S(=O)(=O)c1ccc2c(c1)CCO2. The number of nitrogens with zero attached hydrogens (tertiary/aromatic N) is 3. The molecule has 2 amide bonds. The van der Waals surface area contributed by atoms with Gasteiger partial charge in [-0.05, 0) is 73.0 Å². The molecule has 0 bridgehead atoms. The van der Waals surface area contributed by atoms with Gasteiger partial charge in [-0.25, -0.2) is 13.4 Å². The van der Waals surface area contributed by atoms with E-state index in [0.717, 1.165) is 37.1 Å². The Hall–Kier alpha value is -2.99. The van der Waals surface area contributed by atoms with E-state index in [0.29, 0.717) is 18.8 Å². The van der Waals surface area contributed by atoms with Gasteiger partial charge in [-0.1, -0.05) is 65.0 Å². The van der Waals surface area contributed by atoms with Crippen LogP contribution >= 0.6 is 0 Å². The summed E-state index contributed by atoms with van der Waals surface area (Å²) in [6.45, 7) is 11.9. The minimum absolute atomic E-state index is 0.0314. The summed E-state index contributed by atoms with van der Waals surface area (Å²) in [7, 11) is -4.01. The smallest absolute Gasteiger partial charge is 0.252 e. The Balaban J connectivity index is 1.67. The number of amides is 2. The van der Waals surface area contributed by atoms with Crippen molar-refractivity contribution in [3.8, 4) is 5.75 Å². The molecule has 2 aliphatic heterocycles. The van der Waals surface area contributed by atoms with Crippen LogP contribution in [0.3, 0.4) is 0 Å². The number of sulfonamides is 1. The van der Waals surface area contributed by atoms with Crippen molar-refractivity contribution in [3.63, 3.8) is 0 Å². The third-order valence-corrected chi connectivity index (χ3v) is 9.91. The number of aliphatic hydroxyl groups is 1. The molecule has 1 fully saturated rings. The Labute approximate surface area is 268 Å². The Kier molecular flexibility index (Phi) is 11.7. The summed E-state index contributed by atoms with van der Waals surface area (Å²) in [5, 5.41) is 13.2. The van der Waals surface area contributed by atoms with Gasteiger partial charge >= 0.3 is 0 Å². The highest BCUT2D eigenvalue weighted by atomic mass is 32.2. The number of carbonyl (C=O) groups is 2. The predicted molar refractivity (Wildman–Crippen MR) is 174 cm³/mol. The van der Waals surface area contributed by atoms with Crippen LogP contribution in [-0.2, 0) is 32.5 Å². The molecule has 248 valence electrons. The van der Waals surface area contributed by atoms with Crippen LogP contribution in [0.25, 0.3) is 0 Å². The largest absolute Gasteiger partial charge is 0.493 e. The minimum Gasteiger partial charge on any atom is -0.493 e. The van der Waals surface area contributed by atoms with E-state index >= 15 is 0 Å². The first-order chi connectivity index (χ1) is 21.2. The first-order valence-electron chi connectivity index (χ1n) is 16.0. The van der Waals surface area contributed by atoms with Crippen molar-refractivity contribution in [2.75, 3.05) is 39.3 Å². The number of hydrogen-bond acceptors (Lipinski definition) is 7. The van der Waals surface area contributed by atoms with Gasteiger partial charge in [0.15, 0.2) is 0 Å². The van der Waals surface area contributed by atoms with Gasteiger partial charge in [-0.3, -0.25) is 19.9 Å². The summed E-state index contributed by atoms with van der Waals surface area (Å²) in [5.41, 5.74) is 4.14. The Morgan fingerprint density at radius 1 is 1.04 bits per heavy atom. The van der Waals surface area contributed by atoms with Crippen LogP contribution in [0, 0.1) is 11.3 Å². The minimum atomic E-state index is -4.01. The molecule has 0 aliphatic carbocycles. The fourth-order valence-corrected chi connectivity index (χ4v) is 7.59. The number of benzene rings is 2. The molecule has 2 aromatic carbocycles. The molecule has 2 heterocycles. The predicted octanol–water partition coefficient (Wildman–Crippen LogP) is 3.63. The summed E-state index contributed by atoms with van der Waals surface area (Å²) in [6.07, 6.45) is 1.70. The Morgan fingerprint density at radius 3 is 2.38 bits per heavy atom. The first kappa shape index (κ1) is 34.9. The van der Waals surface area contributed by atoms with Gasteiger partial charge in [0, 0.05) is 25.9 Å². The van der Waals surface area contributed by atoms with E-state index < -0.39 is 22.2 Å². The molecule has 2 N–H and O–H groups in total. The molecular formula is C34H50N4O6S. The second-order valence-electron chi connectivity index (χ2n) is 13.9. The summed E-state index contributed by atoms with van der Waals surface area (Å²) >= 11 is 0. The van der Waals surface area contributed by atoms with Crippen LogP contribution < -0.4 is 10.2 Å². The molecule has 4 rings (SSSR count). The molecule has 2 aromatic rings. The Morgan fingerprint density at radius 2 is 1.73 bits per heavy atom. The quantitative estimate of drug-likeness (QED) is 0.321. The highest BCUT2D eigenvalue weighted by Crippen LogP contribution is 2.30. The van der Waals surface area contributed by atoms with Crippen molar-refractivity contribution < 1.29 is 27.9 Å². The molecule has 10 nitrogen and oxygen atoms in total. The van der Waals surface area contributed by atoms with Crippen molar-refractivity contribution >= 4 is 21.8 Å². The molecule has 0 radical (unpaired) electrons. The number of ether oxygens (including phenoxy) is 1. The maximum atomic E-state index is 14.1. The van der Waals surface area contributed by atoms with E-state index in [2.05, 4.69) is 5.43 Å². The first-order valence-corrected chi connectivity index (χ1v) is 17.5. The molecular weight excluding hydrogens is 592 g/mol. The molecule has 0 spiro atoms. The van der Waals surface area contributed by atoms with E-state index in [9.17, 15) is 23.1 Å². The van der Waals surface area contributed by atoms with E-state index in [4.69, 9.17) is 4.74 Å². The van der Waals surface area contributed by atoms with Gasteiger partial charge in [-0.2, -0.15) is 4.31 Å². The average Bonchev–Trinajstić information content (AvgIpc) is 3.65. The maximum absolute atomic E-state index is 14.1. The summed E-state index contributed by atoms with van der Waals surface area (Å²) in [5.74, 6) is -0.0216. The highest BCUT2D eigenvalue weighted by Gasteiger charge is 2.37. The molecule has 2 aliphatic rings. The normalized spacial score (nSPS) is 16.8. The second kappa shape index (κ2) is 15.1. The average molecular weight is 643 g/mol. The number of likely N-dealkylation sites (tertiary alicyclic amines) is 1. The summed E-state index contributed by atoms with van der Waals surface area (Å²) < 4.78 is 35.0. The van der Waals surface area contributed by atoms with E-state index in [1.165, 1.54) is 9.31 Å². The number of nitrogens with one attached hydrogen (secondary N) is 1. The van der Waals surface area contributed by atoms with Gasteiger partial charge < -0.3 is 9.84 Å². The molecule has 0 saturated carbocycles. The van der Waals surface area contributed by atoms with Gasteiger partial charge in [-0.15, -0.1) is 0 Å². The van der Waals surface area contributed by atoms with E-state index in [-0.39, 0.29) is 60.5 Å². The Bertz CT molecular complexity index is 1400. The number of fused-ring (bicyclic) bond motifs is 1. The van der Waals surface area contributed by atoms with Gasteiger partial charge in [0.25, 0.3) is 5.91 Å². The highest BCUT2D eigenvalue weighted by molar-refractivity contribution is 7.89. The zero-order valence-electron chi connectivity index (χ0n) is 27.4. The molecule has 0 aromatic heterocycles. The lowest BCUT2D eigenvalue weighted by Gasteiger charge is -2.38. The molecule has 11 heteroatoms. The number of rotatable bonds is 13. The zero-order chi connectivity index (χ0) is 32.8. The molecule has 0 unspecified atom stereocenters. The molecule has 2 atom stereocenters. The number of hydrazine groups is 1. The van der Waals surface area contributed by atoms with Crippen molar-refractivity contribution in [1.29, 1.82) is 0 Å². The number of aliphatic hydroxyl groups excluding tert-OH is 1. The number of carbonyl (C=O) groups excluding carboxylic acids is 2. The summed E-state index contributed by atoms with van der Waals surface area (Å²) in [6, 6.07) is 13.4. The van der Waals surface area contributed by atoms with Crippen LogP contribution in [0.4, 0.5) is 0 Å². The van der Waals surface area contributed by atoms with Crippen LogP contribution in [0.1, 0.15) is 65.0 Å². The number of hydrogen-bond donors (Lipinski definition) is 2. The monoisotopic (exact) mass is 642 g/mol. The lowest BCUT2D eigenvalue weighted by atomic mass is 9.91.